The molecule has 1 N–H and O–H groups in total. The second kappa shape index (κ2) is 4.80. The van der Waals surface area contributed by atoms with Gasteiger partial charge in [0, 0.05) is 11.0 Å². The lowest BCUT2D eigenvalue weighted by atomic mass is 9.79. The minimum absolute atomic E-state index is 0.0806. The molecule has 4 nitrogen and oxygen atoms in total. The number of nitrogens with zero attached hydrogens (tertiary/aromatic N) is 1. The van der Waals surface area contributed by atoms with E-state index in [1.54, 1.807) is 0 Å². The van der Waals surface area contributed by atoms with E-state index in [-0.39, 0.29) is 6.42 Å². The van der Waals surface area contributed by atoms with Gasteiger partial charge in [-0.3, -0.25) is 4.79 Å². The van der Waals surface area contributed by atoms with Crippen LogP contribution in [-0.4, -0.2) is 30.1 Å². The summed E-state index contributed by atoms with van der Waals surface area (Å²) in [6.45, 7) is 5.12. The van der Waals surface area contributed by atoms with Crippen LogP contribution in [0.2, 0.25) is 0 Å². The van der Waals surface area contributed by atoms with Gasteiger partial charge in [-0.2, -0.15) is 0 Å². The summed E-state index contributed by atoms with van der Waals surface area (Å²) in [5, 5.41) is 9.01. The first-order valence-electron chi connectivity index (χ1n) is 5.99. The summed E-state index contributed by atoms with van der Waals surface area (Å²) < 4.78 is 5.48. The number of carbonyl (C=O) groups is 1. The number of benzene rings is 1. The molecule has 0 saturated heterocycles. The van der Waals surface area contributed by atoms with Crippen molar-refractivity contribution in [2.75, 3.05) is 13.2 Å². The Morgan fingerprint density at radius 2 is 2.17 bits per heavy atom. The fraction of sp³-hybridized carbons (Fsp3) is 0.429. The second-order valence-electron chi connectivity index (χ2n) is 5.04. The van der Waals surface area contributed by atoms with Crippen LogP contribution >= 0.6 is 0 Å². The van der Waals surface area contributed by atoms with Crippen LogP contribution in [0.25, 0.3) is 0 Å². The van der Waals surface area contributed by atoms with E-state index in [2.05, 4.69) is 4.99 Å². The van der Waals surface area contributed by atoms with E-state index in [4.69, 9.17) is 9.84 Å². The monoisotopic (exact) mass is 247 g/mol. The Labute approximate surface area is 106 Å². The summed E-state index contributed by atoms with van der Waals surface area (Å²) in [5.74, 6) is -0.173. The molecule has 1 aliphatic heterocycles. The average molecular weight is 247 g/mol. The molecule has 0 radical (unpaired) electrons. The zero-order chi connectivity index (χ0) is 13.2. The first kappa shape index (κ1) is 12.6. The van der Waals surface area contributed by atoms with Crippen LogP contribution in [-0.2, 0) is 14.9 Å². The fourth-order valence-electron chi connectivity index (χ4n) is 2.23. The third-order valence-corrected chi connectivity index (χ3v) is 3.07. The lowest BCUT2D eigenvalue weighted by molar-refractivity contribution is -0.138. The van der Waals surface area contributed by atoms with Gasteiger partial charge in [0.1, 0.15) is 6.61 Å². The SMILES string of the molecule is CC(C)(CC(=O)O)c1ccccc1C1=NCCO1. The van der Waals surface area contributed by atoms with Gasteiger partial charge in [0.25, 0.3) is 0 Å². The predicted molar refractivity (Wildman–Crippen MR) is 69.1 cm³/mol. The van der Waals surface area contributed by atoms with E-state index in [0.29, 0.717) is 19.0 Å². The van der Waals surface area contributed by atoms with E-state index in [1.165, 1.54) is 0 Å². The van der Waals surface area contributed by atoms with Crippen LogP contribution in [0.1, 0.15) is 31.4 Å². The topological polar surface area (TPSA) is 58.9 Å². The van der Waals surface area contributed by atoms with Gasteiger partial charge < -0.3 is 9.84 Å². The molecule has 0 bridgehead atoms. The highest BCUT2D eigenvalue weighted by molar-refractivity contribution is 5.96. The van der Waals surface area contributed by atoms with E-state index in [1.807, 2.05) is 38.1 Å². The number of carboxylic acid groups (broad SMARTS) is 1. The van der Waals surface area contributed by atoms with Gasteiger partial charge in [-0.25, -0.2) is 4.99 Å². The van der Waals surface area contributed by atoms with Gasteiger partial charge in [0.2, 0.25) is 5.90 Å². The number of rotatable bonds is 4. The molecule has 0 unspecified atom stereocenters. The van der Waals surface area contributed by atoms with Crippen molar-refractivity contribution in [2.45, 2.75) is 25.7 Å². The van der Waals surface area contributed by atoms with E-state index >= 15 is 0 Å². The Balaban J connectivity index is 2.41. The minimum atomic E-state index is -0.802. The molecule has 0 fully saturated rings. The molecule has 0 spiro atoms. The van der Waals surface area contributed by atoms with Gasteiger partial charge in [-0.15, -0.1) is 0 Å². The molecular weight excluding hydrogens is 230 g/mol. The maximum absolute atomic E-state index is 11.0. The van der Waals surface area contributed by atoms with Crippen molar-refractivity contribution in [1.82, 2.24) is 0 Å². The number of hydrogen-bond acceptors (Lipinski definition) is 3. The first-order chi connectivity index (χ1) is 8.50. The second-order valence-corrected chi connectivity index (χ2v) is 5.04. The molecule has 2 rings (SSSR count). The van der Waals surface area contributed by atoms with Crippen molar-refractivity contribution in [2.24, 2.45) is 4.99 Å². The summed E-state index contributed by atoms with van der Waals surface area (Å²) in [5.41, 5.74) is 1.42. The smallest absolute Gasteiger partial charge is 0.304 e. The van der Waals surface area contributed by atoms with Gasteiger partial charge in [0.05, 0.1) is 13.0 Å². The summed E-state index contributed by atoms with van der Waals surface area (Å²) in [6.07, 6.45) is 0.0806. The largest absolute Gasteiger partial charge is 0.481 e. The van der Waals surface area contributed by atoms with Gasteiger partial charge in [-0.1, -0.05) is 32.0 Å². The molecule has 4 heteroatoms. The predicted octanol–water partition coefficient (Wildman–Crippen LogP) is 2.22. The molecule has 1 aromatic carbocycles. The maximum atomic E-state index is 11.0. The van der Waals surface area contributed by atoms with Crippen molar-refractivity contribution < 1.29 is 14.6 Å². The van der Waals surface area contributed by atoms with Gasteiger partial charge >= 0.3 is 5.97 Å². The fourth-order valence-corrected chi connectivity index (χ4v) is 2.23. The lowest BCUT2D eigenvalue weighted by Gasteiger charge is -2.25. The number of aliphatic imine (C=N–C) groups is 1. The molecule has 1 aliphatic rings. The van der Waals surface area contributed by atoms with Crippen molar-refractivity contribution in [1.29, 1.82) is 0 Å². The normalized spacial score (nSPS) is 15.1. The Bertz CT molecular complexity index is 492. The molecule has 0 atom stereocenters. The molecule has 0 aliphatic carbocycles. The van der Waals surface area contributed by atoms with Crippen LogP contribution in [0, 0.1) is 0 Å². The van der Waals surface area contributed by atoms with Crippen LogP contribution in [0.4, 0.5) is 0 Å². The summed E-state index contributed by atoms with van der Waals surface area (Å²) in [6, 6.07) is 7.71. The van der Waals surface area contributed by atoms with Gasteiger partial charge in [-0.05, 0) is 11.6 Å². The van der Waals surface area contributed by atoms with E-state index in [0.717, 1.165) is 11.1 Å². The quantitative estimate of drug-likeness (QED) is 0.887. The number of aliphatic carboxylic acids is 1. The Hall–Kier alpha value is -1.84. The maximum Gasteiger partial charge on any atom is 0.304 e. The van der Waals surface area contributed by atoms with Crippen molar-refractivity contribution in [3.05, 3.63) is 35.4 Å². The minimum Gasteiger partial charge on any atom is -0.481 e. The average Bonchev–Trinajstić information content (AvgIpc) is 2.80. The van der Waals surface area contributed by atoms with Crippen molar-refractivity contribution in [3.8, 4) is 0 Å². The van der Waals surface area contributed by atoms with Crippen LogP contribution < -0.4 is 0 Å². The number of hydrogen-bond donors (Lipinski definition) is 1. The third-order valence-electron chi connectivity index (χ3n) is 3.07. The van der Waals surface area contributed by atoms with Crippen LogP contribution in [0.3, 0.4) is 0 Å². The Morgan fingerprint density at radius 1 is 1.44 bits per heavy atom. The van der Waals surface area contributed by atoms with Crippen LogP contribution in [0.5, 0.6) is 0 Å². The van der Waals surface area contributed by atoms with Crippen molar-refractivity contribution >= 4 is 11.9 Å². The molecule has 0 saturated carbocycles. The molecule has 96 valence electrons. The summed E-state index contributed by atoms with van der Waals surface area (Å²) in [4.78, 5) is 15.3. The molecule has 0 aromatic heterocycles. The molecule has 0 amide bonds. The lowest BCUT2D eigenvalue weighted by Crippen LogP contribution is -2.24. The molecule has 18 heavy (non-hydrogen) atoms. The van der Waals surface area contributed by atoms with Crippen molar-refractivity contribution in [3.63, 3.8) is 0 Å². The van der Waals surface area contributed by atoms with Gasteiger partial charge in [0.15, 0.2) is 0 Å². The first-order valence-corrected chi connectivity index (χ1v) is 5.99. The number of carboxylic acids is 1. The summed E-state index contributed by atoms with van der Waals surface area (Å²) in [7, 11) is 0. The van der Waals surface area contributed by atoms with Crippen LogP contribution in [0.15, 0.2) is 29.3 Å². The van der Waals surface area contributed by atoms with E-state index < -0.39 is 11.4 Å². The van der Waals surface area contributed by atoms with E-state index in [9.17, 15) is 4.79 Å². The molecule has 1 aromatic rings. The zero-order valence-electron chi connectivity index (χ0n) is 10.6. The molecular formula is C14H17NO3. The Kier molecular flexibility index (Phi) is 3.36. The summed E-state index contributed by atoms with van der Waals surface area (Å²) >= 11 is 0. The number of ether oxygens (including phenoxy) is 1. The highest BCUT2D eigenvalue weighted by Gasteiger charge is 2.28. The zero-order valence-corrected chi connectivity index (χ0v) is 10.6. The Morgan fingerprint density at radius 3 is 2.78 bits per heavy atom. The highest BCUT2D eigenvalue weighted by atomic mass is 16.5. The standard InChI is InChI=1S/C14H17NO3/c1-14(2,9-12(16)17)11-6-4-3-5-10(11)13-15-7-8-18-13/h3-6H,7-9H2,1-2H3,(H,16,17). The third kappa shape index (κ3) is 2.53. The highest BCUT2D eigenvalue weighted by Crippen LogP contribution is 2.30. The molecule has 1 heterocycles.